The van der Waals surface area contributed by atoms with Crippen LogP contribution in [0.2, 0.25) is 0 Å². The van der Waals surface area contributed by atoms with Crippen LogP contribution in [-0.2, 0) is 19.0 Å². The van der Waals surface area contributed by atoms with Crippen molar-refractivity contribution < 1.29 is 23.8 Å². The minimum atomic E-state index is -0.749. The first-order chi connectivity index (χ1) is 15.2. The van der Waals surface area contributed by atoms with Gasteiger partial charge >= 0.3 is 12.1 Å². The molecule has 1 heterocycles. The van der Waals surface area contributed by atoms with Gasteiger partial charge in [0.25, 0.3) is 0 Å². The zero-order chi connectivity index (χ0) is 21.4. The van der Waals surface area contributed by atoms with E-state index in [1.807, 2.05) is 31.2 Å². The third-order valence-corrected chi connectivity index (χ3v) is 6.61. The number of benzene rings is 2. The summed E-state index contributed by atoms with van der Waals surface area (Å²) in [6.07, 6.45) is 2.70. The number of ether oxygens (including phenoxy) is 3. The maximum absolute atomic E-state index is 13.1. The van der Waals surface area contributed by atoms with Crippen LogP contribution in [-0.4, -0.2) is 48.5 Å². The Hall–Kier alpha value is -2.86. The van der Waals surface area contributed by atoms with Gasteiger partial charge in [-0.3, -0.25) is 4.90 Å². The number of carbonyl (C=O) groups excluding carboxylic acids is 2. The van der Waals surface area contributed by atoms with E-state index in [0.717, 1.165) is 30.4 Å². The fraction of sp³-hybridized carbons (Fsp3) is 0.440. The number of carbonyl (C=O) groups is 2. The number of amides is 1. The van der Waals surface area contributed by atoms with Gasteiger partial charge in [0.2, 0.25) is 0 Å². The monoisotopic (exact) mass is 421 g/mol. The summed E-state index contributed by atoms with van der Waals surface area (Å²) < 4.78 is 17.0. The Balaban J connectivity index is 1.31. The number of fused-ring (bicyclic) bond motifs is 3. The molecule has 0 spiro atoms. The molecule has 1 saturated heterocycles. The molecule has 0 bridgehead atoms. The highest BCUT2D eigenvalue weighted by molar-refractivity contribution is 5.85. The second-order valence-corrected chi connectivity index (χ2v) is 8.41. The van der Waals surface area contributed by atoms with Crippen LogP contribution in [0.4, 0.5) is 4.79 Å². The van der Waals surface area contributed by atoms with Crippen LogP contribution in [0.15, 0.2) is 48.5 Å². The van der Waals surface area contributed by atoms with Gasteiger partial charge in [-0.15, -0.1) is 0 Å². The third-order valence-electron chi connectivity index (χ3n) is 6.61. The quantitative estimate of drug-likeness (QED) is 0.644. The zero-order valence-corrected chi connectivity index (χ0v) is 17.7. The minimum Gasteiger partial charge on any atom is -0.448 e. The smallest absolute Gasteiger partial charge is 0.413 e. The average Bonchev–Trinajstić information content (AvgIpc) is 3.25. The van der Waals surface area contributed by atoms with Crippen molar-refractivity contribution in [1.29, 1.82) is 0 Å². The summed E-state index contributed by atoms with van der Waals surface area (Å²) in [4.78, 5) is 26.9. The van der Waals surface area contributed by atoms with Crippen molar-refractivity contribution in [2.24, 2.45) is 0 Å². The number of nitrogens with zero attached hydrogens (tertiary/aromatic N) is 1. The minimum absolute atomic E-state index is 0.0275. The molecule has 0 radical (unpaired) electrons. The van der Waals surface area contributed by atoms with E-state index in [1.165, 1.54) is 16.0 Å². The summed E-state index contributed by atoms with van der Waals surface area (Å²) in [5.41, 5.74) is 4.67. The Bertz CT molecular complexity index is 940. The van der Waals surface area contributed by atoms with Crippen molar-refractivity contribution in [2.45, 2.75) is 56.9 Å². The molecular formula is C25H27NO5. The summed E-state index contributed by atoms with van der Waals surface area (Å²) in [6.45, 7) is 2.26. The van der Waals surface area contributed by atoms with Gasteiger partial charge in [-0.05, 0) is 41.5 Å². The molecule has 2 aromatic rings. The Labute approximate surface area is 182 Å². The molecule has 6 heteroatoms. The molecule has 1 amide bonds. The average molecular weight is 421 g/mol. The summed E-state index contributed by atoms with van der Waals surface area (Å²) in [5, 5.41) is 0. The topological polar surface area (TPSA) is 65.1 Å². The molecule has 162 valence electrons. The van der Waals surface area contributed by atoms with Gasteiger partial charge in [0.15, 0.2) is 12.3 Å². The van der Waals surface area contributed by atoms with Crippen molar-refractivity contribution in [3.8, 4) is 11.1 Å². The molecule has 2 fully saturated rings. The zero-order valence-electron chi connectivity index (χ0n) is 17.7. The predicted octanol–water partition coefficient (Wildman–Crippen LogP) is 4.47. The molecule has 2 atom stereocenters. The molecular weight excluding hydrogens is 394 g/mol. The van der Waals surface area contributed by atoms with Gasteiger partial charge in [-0.1, -0.05) is 55.5 Å². The van der Waals surface area contributed by atoms with Gasteiger partial charge in [0, 0.05) is 12.3 Å². The first kappa shape index (κ1) is 20.1. The lowest BCUT2D eigenvalue weighted by Gasteiger charge is -2.29. The summed E-state index contributed by atoms with van der Waals surface area (Å²) in [5.74, 6) is -0.444. The number of cyclic esters (lactones) is 1. The molecule has 1 aliphatic heterocycles. The van der Waals surface area contributed by atoms with Gasteiger partial charge in [-0.25, -0.2) is 9.59 Å². The number of hydrogen-bond donors (Lipinski definition) is 0. The van der Waals surface area contributed by atoms with E-state index in [4.69, 9.17) is 14.2 Å². The molecule has 2 aliphatic carbocycles. The first-order valence-corrected chi connectivity index (χ1v) is 11.1. The first-order valence-electron chi connectivity index (χ1n) is 11.1. The largest absolute Gasteiger partial charge is 0.448 e. The number of hydrogen-bond acceptors (Lipinski definition) is 5. The van der Waals surface area contributed by atoms with Crippen LogP contribution in [0.25, 0.3) is 11.1 Å². The molecule has 6 nitrogen and oxygen atoms in total. The van der Waals surface area contributed by atoms with E-state index in [-0.39, 0.29) is 25.2 Å². The van der Waals surface area contributed by atoms with Gasteiger partial charge in [-0.2, -0.15) is 0 Å². The molecule has 5 rings (SSSR count). The van der Waals surface area contributed by atoms with E-state index in [0.29, 0.717) is 6.42 Å². The second-order valence-electron chi connectivity index (χ2n) is 8.41. The lowest BCUT2D eigenvalue weighted by atomic mass is 9.96. The maximum atomic E-state index is 13.1. The summed E-state index contributed by atoms with van der Waals surface area (Å²) >= 11 is 0. The molecule has 1 saturated carbocycles. The van der Waals surface area contributed by atoms with Gasteiger partial charge in [0.05, 0.1) is 12.7 Å². The van der Waals surface area contributed by atoms with Crippen molar-refractivity contribution in [1.82, 2.24) is 4.90 Å². The highest BCUT2D eigenvalue weighted by atomic mass is 16.6. The second kappa shape index (κ2) is 8.35. The van der Waals surface area contributed by atoms with Crippen LogP contribution in [0, 0.1) is 0 Å². The normalized spacial score (nSPS) is 22.6. The molecule has 0 N–H and O–H groups in total. The molecule has 2 unspecified atom stereocenters. The predicted molar refractivity (Wildman–Crippen MR) is 114 cm³/mol. The SMILES string of the molecule is CCC1OC(=O)C(COC2CCC2)N1C(=O)OCC1c2ccccc2-c2ccccc21. The number of esters is 1. The molecule has 2 aromatic carbocycles. The maximum Gasteiger partial charge on any atom is 0.413 e. The van der Waals surface area contributed by atoms with Crippen molar-refractivity contribution in [3.63, 3.8) is 0 Å². The van der Waals surface area contributed by atoms with E-state index in [2.05, 4.69) is 24.3 Å². The number of rotatable bonds is 6. The van der Waals surface area contributed by atoms with Crippen molar-refractivity contribution in [3.05, 3.63) is 59.7 Å². The van der Waals surface area contributed by atoms with E-state index in [9.17, 15) is 9.59 Å². The molecule has 31 heavy (non-hydrogen) atoms. The van der Waals surface area contributed by atoms with Crippen LogP contribution in [0.1, 0.15) is 49.7 Å². The Morgan fingerprint density at radius 1 is 1.03 bits per heavy atom. The Kier molecular flexibility index (Phi) is 5.40. The summed E-state index contributed by atoms with van der Waals surface area (Å²) in [6, 6.07) is 15.7. The lowest BCUT2D eigenvalue weighted by molar-refractivity contribution is -0.144. The fourth-order valence-corrected chi connectivity index (χ4v) is 4.69. The standard InChI is InChI=1S/C25H27NO5/c1-2-23-26(22(24(27)31-23)15-29-16-8-7-9-16)25(28)30-14-21-19-12-5-3-10-17(19)18-11-4-6-13-20(18)21/h3-6,10-13,16,21-23H,2,7-9,14-15H2,1H3. The van der Waals surface area contributed by atoms with E-state index < -0.39 is 24.3 Å². The highest BCUT2D eigenvalue weighted by Gasteiger charge is 2.46. The lowest BCUT2D eigenvalue weighted by Crippen LogP contribution is -2.46. The Morgan fingerprint density at radius 2 is 1.68 bits per heavy atom. The summed E-state index contributed by atoms with van der Waals surface area (Å²) in [7, 11) is 0. The molecule has 3 aliphatic rings. The van der Waals surface area contributed by atoms with Crippen LogP contribution >= 0.6 is 0 Å². The Morgan fingerprint density at radius 3 is 2.26 bits per heavy atom. The van der Waals surface area contributed by atoms with Crippen molar-refractivity contribution >= 4 is 12.1 Å². The van der Waals surface area contributed by atoms with Crippen LogP contribution in [0.3, 0.4) is 0 Å². The van der Waals surface area contributed by atoms with Crippen molar-refractivity contribution in [2.75, 3.05) is 13.2 Å². The van der Waals surface area contributed by atoms with E-state index >= 15 is 0 Å². The third kappa shape index (κ3) is 3.59. The van der Waals surface area contributed by atoms with Gasteiger partial charge < -0.3 is 14.2 Å². The van der Waals surface area contributed by atoms with Crippen LogP contribution < -0.4 is 0 Å². The molecule has 0 aromatic heterocycles. The van der Waals surface area contributed by atoms with Gasteiger partial charge in [0.1, 0.15) is 6.61 Å². The van der Waals surface area contributed by atoms with E-state index in [1.54, 1.807) is 0 Å². The highest BCUT2D eigenvalue weighted by Crippen LogP contribution is 2.44. The van der Waals surface area contributed by atoms with Crippen LogP contribution in [0.5, 0.6) is 0 Å². The fourth-order valence-electron chi connectivity index (χ4n) is 4.69.